The first-order valence-corrected chi connectivity index (χ1v) is 48.0. The first-order chi connectivity index (χ1) is 70.9. The van der Waals surface area contributed by atoms with Crippen LogP contribution in [0.3, 0.4) is 0 Å². The summed E-state index contributed by atoms with van der Waals surface area (Å²) in [5, 5.41) is 367. The number of hydrogen-bond acceptors (Lipinski definition) is 60. The zero-order chi connectivity index (χ0) is 110. The average Bonchev–Trinajstić information content (AvgIpc) is 0.747. The van der Waals surface area contributed by atoms with Crippen LogP contribution < -0.4 is 31.9 Å². The molecule has 12 rings (SSSR count). The Morgan fingerprint density at radius 3 is 0.820 bits per heavy atom. The van der Waals surface area contributed by atoms with Crippen molar-refractivity contribution in [3.8, 4) is 0 Å². The van der Waals surface area contributed by atoms with E-state index in [0.29, 0.717) is 0 Å². The van der Waals surface area contributed by atoms with Crippen LogP contribution in [-0.4, -0.2) is 635 Å². The van der Waals surface area contributed by atoms with Gasteiger partial charge in [-0.1, -0.05) is 0 Å². The Labute approximate surface area is 849 Å². The van der Waals surface area contributed by atoms with Gasteiger partial charge in [0.25, 0.3) is 0 Å². The Morgan fingerprint density at radius 2 is 0.427 bits per heavy atom. The van der Waals surface area contributed by atoms with Gasteiger partial charge in [0.05, 0.1) is 78.8 Å². The standard InChI is InChI=1S/C84H140N6O60/c1-19-43(105)56(118)60(122)79(131-19)129-18-36-69(52(114)37(73(127)132-36)85-20(2)99)144-77-41(89-24(6)103)54(116)67(32(14-97)138-77)147-82-64(126)70(148-84-72(63(125)68(33(15-98)140-84)143-75-38(86-21(3)100)50(112)44(106)26(8-91)133-75)150-78-42(90-25(7)104)55(117)66(31(13-96)139-78)146-81-62(124)58(120)47(109)29(11-94)136-81)49(111)35(141-82)17-130-83-71(149-76-39(87-22(4)101)51(113)45(107)27(9-92)134-76)59(121)48(110)34(142-83)16-128-74-40(88-23(5)102)53(115)65(30(12-95)137-74)145-80-61(123)57(119)46(108)28(10-93)135-80/h19,26-84,91-98,105-127H,8-18H2,1-7H3,(H,85,99)(H,86,100)(H,87,101)(H,88,102)(H,89,103)(H,90,104)/t19-,26+,27+,28+,29+,30+,31+,32+,33+,34+,35+,36+,37+,38+,39+,40+,41+,42+,43+,44+,45+,46-,47-,48+,49+,50+,51+,52+,53+,54+,55+,56+,57-,58-,59-,60-,61+,62+,63-,64-,65+,66+,67+,68+,69+,70-,71-,72-,73+,74+,75-,76-,77-,78-,79+,80-,81-,82-,83-,84+/m0/s1. The monoisotopic (exact) mass is 2190 g/mol. The highest BCUT2D eigenvalue weighted by Crippen LogP contribution is 2.43. The van der Waals surface area contributed by atoms with E-state index in [4.69, 9.17) is 109 Å². The first kappa shape index (κ1) is 123. The largest absolute Gasteiger partial charge is 0.394 e. The molecule has 12 heterocycles. The molecule has 0 aromatic rings. The fourth-order valence-electron chi connectivity index (χ4n) is 19.5. The molecule has 0 aromatic carbocycles. The minimum Gasteiger partial charge on any atom is -0.394 e. The Morgan fingerprint density at radius 1 is 0.187 bits per heavy atom. The predicted octanol–water partition coefficient (Wildman–Crippen LogP) is -25.3. The fourth-order valence-corrected chi connectivity index (χ4v) is 19.5. The lowest BCUT2D eigenvalue weighted by molar-refractivity contribution is -0.405. The number of hydrogen-bond donors (Lipinski definition) is 37. The third kappa shape index (κ3) is 27.7. The number of rotatable bonds is 39. The molecule has 66 heteroatoms. The van der Waals surface area contributed by atoms with Gasteiger partial charge in [-0.2, -0.15) is 0 Å². The fraction of sp³-hybridized carbons (Fsp3) is 0.929. The number of nitrogens with one attached hydrogen (secondary N) is 6. The second-order valence-corrected chi connectivity index (χ2v) is 38.1. The third-order valence-electron chi connectivity index (χ3n) is 27.4. The molecule has 12 aliphatic heterocycles. The minimum absolute atomic E-state index is 0.864. The number of carbonyl (C=O) groups excluding carboxylic acids is 6. The average molecular weight is 2190 g/mol. The zero-order valence-electron chi connectivity index (χ0n) is 81.1. The number of aliphatic hydroxyl groups is 31. The summed E-state index contributed by atoms with van der Waals surface area (Å²) >= 11 is 0. The topological polar surface area (TPSA) is 1010 Å². The summed E-state index contributed by atoms with van der Waals surface area (Å²) < 4.78 is 139. The predicted molar refractivity (Wildman–Crippen MR) is 463 cm³/mol. The van der Waals surface area contributed by atoms with Crippen molar-refractivity contribution in [2.45, 2.75) is 417 Å². The highest BCUT2D eigenvalue weighted by Gasteiger charge is 2.64. The van der Waals surface area contributed by atoms with Crippen LogP contribution in [0.15, 0.2) is 0 Å². The van der Waals surface area contributed by atoms with Gasteiger partial charge in [0.1, 0.15) is 287 Å². The van der Waals surface area contributed by atoms with Crippen LogP contribution in [0, 0.1) is 0 Å². The number of aliphatic hydroxyl groups excluding tert-OH is 31. The lowest BCUT2D eigenvalue weighted by Crippen LogP contribution is -2.71. The molecule has 0 unspecified atom stereocenters. The summed E-state index contributed by atoms with van der Waals surface area (Å²) in [6.45, 7) is -6.17. The Kier molecular flexibility index (Phi) is 44.4. The molecule has 150 heavy (non-hydrogen) atoms. The lowest BCUT2D eigenvalue weighted by atomic mass is 9.93. The Balaban J connectivity index is 0.943. The molecule has 60 atom stereocenters. The van der Waals surface area contributed by atoms with Gasteiger partial charge in [-0.15, -0.1) is 0 Å². The first-order valence-electron chi connectivity index (χ1n) is 48.0. The summed E-state index contributed by atoms with van der Waals surface area (Å²) in [6, 6.07) is -11.9. The van der Waals surface area contributed by atoms with E-state index in [9.17, 15) is 187 Å². The number of carbonyl (C=O) groups is 6. The molecule has 0 aliphatic carbocycles. The van der Waals surface area contributed by atoms with Gasteiger partial charge in [0, 0.05) is 41.5 Å². The van der Waals surface area contributed by atoms with Crippen LogP contribution >= 0.6 is 0 Å². The smallest absolute Gasteiger partial charge is 0.217 e. The molecular weight excluding hydrogens is 2050 g/mol. The van der Waals surface area contributed by atoms with Crippen LogP contribution in [0.25, 0.3) is 0 Å². The van der Waals surface area contributed by atoms with Gasteiger partial charge < -0.3 is 299 Å². The Hall–Kier alpha value is -5.34. The summed E-state index contributed by atoms with van der Waals surface area (Å²) in [7, 11) is 0. The van der Waals surface area contributed by atoms with Crippen molar-refractivity contribution in [1.29, 1.82) is 0 Å². The quantitative estimate of drug-likeness (QED) is 0.0272. The molecule has 12 saturated heterocycles. The van der Waals surface area contributed by atoms with Crippen molar-refractivity contribution in [3.05, 3.63) is 0 Å². The summed E-state index contributed by atoms with van der Waals surface area (Å²) in [5.41, 5.74) is 0. The van der Waals surface area contributed by atoms with Crippen LogP contribution in [0.1, 0.15) is 48.5 Å². The normalized spacial score (nSPS) is 48.8. The molecule has 0 spiro atoms. The van der Waals surface area contributed by atoms with Gasteiger partial charge in [-0.05, 0) is 6.92 Å². The van der Waals surface area contributed by atoms with Crippen molar-refractivity contribution < 1.29 is 296 Å². The number of amides is 6. The van der Waals surface area contributed by atoms with Crippen LogP contribution in [-0.2, 0) is 138 Å². The van der Waals surface area contributed by atoms with E-state index in [0.717, 1.165) is 41.5 Å². The lowest BCUT2D eigenvalue weighted by Gasteiger charge is -2.52. The second-order valence-electron chi connectivity index (χ2n) is 38.1. The van der Waals surface area contributed by atoms with Gasteiger partial charge >= 0.3 is 0 Å². The van der Waals surface area contributed by atoms with Gasteiger partial charge in [0.2, 0.25) is 35.4 Å². The molecule has 66 nitrogen and oxygen atoms in total. The summed E-state index contributed by atoms with van der Waals surface area (Å²) in [6.07, 6.45) is -117. The van der Waals surface area contributed by atoms with Gasteiger partial charge in [-0.25, -0.2) is 0 Å². The maximum absolute atomic E-state index is 13.6. The molecule has 0 bridgehead atoms. The molecule has 12 aliphatic rings. The van der Waals surface area contributed by atoms with Crippen molar-refractivity contribution in [2.24, 2.45) is 0 Å². The molecule has 12 fully saturated rings. The van der Waals surface area contributed by atoms with Crippen LogP contribution in [0.2, 0.25) is 0 Å². The maximum atomic E-state index is 13.6. The van der Waals surface area contributed by atoms with E-state index in [-0.39, 0.29) is 0 Å². The minimum atomic E-state index is -2.82. The molecule has 0 aromatic heterocycles. The van der Waals surface area contributed by atoms with E-state index < -0.39 is 476 Å². The highest BCUT2D eigenvalue weighted by atomic mass is 16.8. The van der Waals surface area contributed by atoms with E-state index in [1.54, 1.807) is 0 Å². The zero-order valence-corrected chi connectivity index (χ0v) is 81.1. The maximum Gasteiger partial charge on any atom is 0.217 e. The third-order valence-corrected chi connectivity index (χ3v) is 27.4. The summed E-state index contributed by atoms with van der Waals surface area (Å²) in [5.74, 6) is -5.89. The molecular formula is C84H140N6O60. The summed E-state index contributed by atoms with van der Waals surface area (Å²) in [4.78, 5) is 78.5. The molecule has 866 valence electrons. The van der Waals surface area contributed by atoms with E-state index in [1.807, 2.05) is 0 Å². The van der Waals surface area contributed by atoms with E-state index in [2.05, 4.69) is 31.9 Å². The van der Waals surface area contributed by atoms with Crippen molar-refractivity contribution in [2.75, 3.05) is 72.7 Å². The van der Waals surface area contributed by atoms with E-state index in [1.165, 1.54) is 6.92 Å². The van der Waals surface area contributed by atoms with Gasteiger partial charge in [-0.3, -0.25) is 28.8 Å². The van der Waals surface area contributed by atoms with Crippen LogP contribution in [0.4, 0.5) is 0 Å². The van der Waals surface area contributed by atoms with E-state index >= 15 is 0 Å². The van der Waals surface area contributed by atoms with Crippen molar-refractivity contribution in [3.63, 3.8) is 0 Å². The number of ether oxygens (including phenoxy) is 23. The molecule has 0 saturated carbocycles. The highest BCUT2D eigenvalue weighted by molar-refractivity contribution is 5.75. The van der Waals surface area contributed by atoms with Crippen molar-refractivity contribution >= 4 is 35.4 Å². The Bertz CT molecular complexity index is 4250. The van der Waals surface area contributed by atoms with Crippen LogP contribution in [0.5, 0.6) is 0 Å². The molecule has 0 radical (unpaired) electrons. The van der Waals surface area contributed by atoms with Crippen molar-refractivity contribution in [1.82, 2.24) is 31.9 Å². The molecule has 37 N–H and O–H groups in total. The molecule has 6 amide bonds. The van der Waals surface area contributed by atoms with Gasteiger partial charge in [0.15, 0.2) is 75.5 Å². The second kappa shape index (κ2) is 54.0. The SMILES string of the molecule is CC(=O)N[C@@H]1[C@@H](O)[C@H](O[C@@H]2O[C@H](CO)[C@@H](O[C@@H]3O[C@H](CO[C@H]4O[C@H](CO[C@@H]5O[C@H](CO)[C@@H](O[C@@H]6O[C@H](CO)[C@H](O)[C@H](O)[C@H]6O)[C@H](O)[C@H]5NC(C)=O)[C@@H](O)[C@H](O)[C@@H]4O[C@@H]4O[C@H](CO)[C@@H](O)[C@H](O)[C@H]4NC(C)=O)[C@@H](O)[C@H](O[C@H]4O[C@H](CO)[C@@H](O[C@@H]5O[C@H](CO)[C@@H](O)[C@H](O)[C@H]5NC(C)=O)[C@H](O)[C@@H]4O[C@@H]4O[C@H](CO)[C@@H](O[C@@H]5O[C@H](CO)[C@H](O)[C@H](O)[C@H]5O)[C@H](O)[C@H]4NC(C)=O)[C@@H]3O)[C@H](O)[C@H]2NC(C)=O)[C@@H](CO[C@@H]2O[C@@H](C)[C@@H](O)[C@@H](O)[C@@H]2O)O[C@H]1O.